The van der Waals surface area contributed by atoms with E-state index in [0.717, 1.165) is 28.3 Å². The molecule has 0 aromatic carbocycles. The van der Waals surface area contributed by atoms with E-state index in [0.29, 0.717) is 0 Å². The Bertz CT molecular complexity index is 435. The summed E-state index contributed by atoms with van der Waals surface area (Å²) in [7, 11) is 0.647. The highest BCUT2D eigenvalue weighted by Gasteiger charge is 2.42. The molecule has 3 aliphatic heterocycles. The maximum atomic E-state index is 3.26. The van der Waals surface area contributed by atoms with Crippen molar-refractivity contribution in [2.24, 2.45) is 0 Å². The molecule has 0 aliphatic carbocycles. The third-order valence-corrected chi connectivity index (χ3v) is 19.4. The zero-order valence-electron chi connectivity index (χ0n) is 19.6. The van der Waals surface area contributed by atoms with Crippen LogP contribution in [0.1, 0.15) is 105 Å². The molecule has 0 aromatic rings. The van der Waals surface area contributed by atoms with Crippen LogP contribution in [0, 0.1) is 0 Å². The molecule has 0 saturated carbocycles. The van der Waals surface area contributed by atoms with Crippen molar-refractivity contribution in [3.05, 3.63) is 0 Å². The number of hydrogen-bond donors (Lipinski definition) is 0. The van der Waals surface area contributed by atoms with Gasteiger partial charge < -0.3 is 0 Å². The molecule has 164 valence electrons. The van der Waals surface area contributed by atoms with Gasteiger partial charge in [-0.15, -0.1) is 0 Å². The van der Waals surface area contributed by atoms with E-state index < -0.39 is 0 Å². The molecule has 0 amide bonds. The molecule has 6 atom stereocenters. The highest BCUT2D eigenvalue weighted by Crippen LogP contribution is 2.67. The molecule has 3 fully saturated rings. The molecule has 28 heavy (non-hydrogen) atoms. The van der Waals surface area contributed by atoms with Crippen molar-refractivity contribution in [1.82, 2.24) is 4.67 Å². The first-order chi connectivity index (χ1) is 13.7. The molecule has 0 N–H and O–H groups in total. The lowest BCUT2D eigenvalue weighted by Crippen LogP contribution is -2.28. The molecule has 1 nitrogen and oxygen atoms in total. The summed E-state index contributed by atoms with van der Waals surface area (Å²) in [6.45, 7) is 12.4. The standard InChI is InChI=1S/C24H48NP3/c1-6-20-12-11-17-26(20)18-25(28-23(9-4)15-16-24(28)10-5)19-27-21(7-2)13-14-22(27)8-3/h20-24H,6-19H2,1-5H3/t20-,21-,22-,23-,24-,26?/m1/s1. The largest absolute Gasteiger partial charge is 0.273 e. The highest BCUT2D eigenvalue weighted by atomic mass is 31.1. The van der Waals surface area contributed by atoms with Crippen molar-refractivity contribution in [2.45, 2.75) is 134 Å². The van der Waals surface area contributed by atoms with Gasteiger partial charge in [0.25, 0.3) is 0 Å². The van der Waals surface area contributed by atoms with E-state index in [1.165, 1.54) is 44.8 Å². The number of rotatable bonds is 10. The summed E-state index contributed by atoms with van der Waals surface area (Å²) in [5, 5.41) is 0. The Morgan fingerprint density at radius 2 is 1.11 bits per heavy atom. The lowest BCUT2D eigenvalue weighted by molar-refractivity contribution is 0.590. The van der Waals surface area contributed by atoms with Crippen LogP contribution in [0.4, 0.5) is 0 Å². The van der Waals surface area contributed by atoms with Crippen LogP contribution in [-0.4, -0.2) is 51.7 Å². The maximum absolute atomic E-state index is 3.26. The Balaban J connectivity index is 1.81. The van der Waals surface area contributed by atoms with Gasteiger partial charge in [0.15, 0.2) is 0 Å². The molecule has 3 aliphatic rings. The number of hydrogen-bond acceptors (Lipinski definition) is 1. The summed E-state index contributed by atoms with van der Waals surface area (Å²) >= 11 is 0. The zero-order chi connectivity index (χ0) is 20.1. The van der Waals surface area contributed by atoms with Crippen molar-refractivity contribution < 1.29 is 0 Å². The van der Waals surface area contributed by atoms with Gasteiger partial charge in [0.1, 0.15) is 0 Å². The Morgan fingerprint density at radius 1 is 0.607 bits per heavy atom. The van der Waals surface area contributed by atoms with Crippen LogP contribution in [0.5, 0.6) is 0 Å². The van der Waals surface area contributed by atoms with Crippen LogP contribution in [0.15, 0.2) is 0 Å². The molecule has 1 unspecified atom stereocenters. The van der Waals surface area contributed by atoms with Gasteiger partial charge in [-0.1, -0.05) is 50.5 Å². The summed E-state index contributed by atoms with van der Waals surface area (Å²) in [4.78, 5) is 0. The SMILES string of the molecule is CC[C@@H]1CCCP1CN(CP1[C@H](CC)CC[C@H]1CC)P1[C@H](CC)CC[C@H]1CC. The molecular weight excluding hydrogens is 395 g/mol. The molecule has 3 saturated heterocycles. The van der Waals surface area contributed by atoms with Crippen molar-refractivity contribution in [3.63, 3.8) is 0 Å². The highest BCUT2D eigenvalue weighted by molar-refractivity contribution is 7.63. The fourth-order valence-electron chi connectivity index (χ4n) is 6.45. The topological polar surface area (TPSA) is 3.24 Å². The molecule has 0 spiro atoms. The third-order valence-electron chi connectivity index (χ3n) is 8.21. The van der Waals surface area contributed by atoms with Crippen LogP contribution in [0.2, 0.25) is 0 Å². The number of nitrogens with zero attached hydrogens (tertiary/aromatic N) is 1. The predicted octanol–water partition coefficient (Wildman–Crippen LogP) is 8.84. The molecule has 0 aromatic heterocycles. The molecule has 4 heteroatoms. The second-order valence-electron chi connectivity index (χ2n) is 9.60. The van der Waals surface area contributed by atoms with Gasteiger partial charge >= 0.3 is 0 Å². The summed E-state index contributed by atoms with van der Waals surface area (Å²) in [5.41, 5.74) is 5.36. The fraction of sp³-hybridized carbons (Fsp3) is 1.00. The fourth-order valence-corrected chi connectivity index (χ4v) is 18.1. The van der Waals surface area contributed by atoms with Gasteiger partial charge in [-0.2, -0.15) is 0 Å². The minimum absolute atomic E-state index is 0.126. The van der Waals surface area contributed by atoms with Gasteiger partial charge in [-0.05, 0) is 113 Å². The Kier molecular flexibility index (Phi) is 10.0. The average molecular weight is 444 g/mol. The average Bonchev–Trinajstić information content (AvgIpc) is 3.44. The van der Waals surface area contributed by atoms with Crippen molar-refractivity contribution in [1.29, 1.82) is 0 Å². The van der Waals surface area contributed by atoms with E-state index >= 15 is 0 Å². The third kappa shape index (κ3) is 5.35. The first-order valence-corrected chi connectivity index (χ1v) is 17.6. The first-order valence-electron chi connectivity index (χ1n) is 12.7. The van der Waals surface area contributed by atoms with Crippen LogP contribution < -0.4 is 0 Å². The smallest absolute Gasteiger partial charge is 0.0231 e. The van der Waals surface area contributed by atoms with E-state index in [-0.39, 0.29) is 23.9 Å². The molecular formula is C24H48NP3. The minimum atomic E-state index is 0.126. The van der Waals surface area contributed by atoms with Gasteiger partial charge in [-0.25, -0.2) is 0 Å². The van der Waals surface area contributed by atoms with Gasteiger partial charge in [0.2, 0.25) is 0 Å². The summed E-state index contributed by atoms with van der Waals surface area (Å²) in [6.07, 6.45) is 21.2. The van der Waals surface area contributed by atoms with E-state index in [1.54, 1.807) is 44.6 Å². The lowest BCUT2D eigenvalue weighted by Gasteiger charge is -2.42. The lowest BCUT2D eigenvalue weighted by atomic mass is 10.1. The van der Waals surface area contributed by atoms with Crippen LogP contribution in [-0.2, 0) is 0 Å². The van der Waals surface area contributed by atoms with Crippen molar-refractivity contribution in [2.75, 3.05) is 18.7 Å². The summed E-state index contributed by atoms with van der Waals surface area (Å²) in [5.74, 6) is 0. The second kappa shape index (κ2) is 11.8. The summed E-state index contributed by atoms with van der Waals surface area (Å²) in [6, 6.07) is 0. The van der Waals surface area contributed by atoms with Crippen molar-refractivity contribution in [3.8, 4) is 0 Å². The maximum Gasteiger partial charge on any atom is 0.0231 e. The van der Waals surface area contributed by atoms with Crippen LogP contribution in [0.3, 0.4) is 0 Å². The van der Waals surface area contributed by atoms with E-state index in [2.05, 4.69) is 39.3 Å². The predicted molar refractivity (Wildman–Crippen MR) is 135 cm³/mol. The van der Waals surface area contributed by atoms with Crippen LogP contribution in [0.25, 0.3) is 0 Å². The molecule has 3 heterocycles. The molecule has 0 bridgehead atoms. The molecule has 0 radical (unpaired) electrons. The van der Waals surface area contributed by atoms with Gasteiger partial charge in [0, 0.05) is 12.6 Å². The van der Waals surface area contributed by atoms with Gasteiger partial charge in [0.05, 0.1) is 0 Å². The minimum Gasteiger partial charge on any atom is -0.273 e. The summed E-state index contributed by atoms with van der Waals surface area (Å²) < 4.78 is 3.26. The quantitative estimate of drug-likeness (QED) is 0.305. The monoisotopic (exact) mass is 443 g/mol. The first kappa shape index (κ1) is 23.9. The normalized spacial score (nSPS) is 37.5. The van der Waals surface area contributed by atoms with E-state index in [4.69, 9.17) is 0 Å². The Morgan fingerprint density at radius 3 is 1.61 bits per heavy atom. The van der Waals surface area contributed by atoms with E-state index in [1.807, 2.05) is 0 Å². The zero-order valence-corrected chi connectivity index (χ0v) is 22.3. The Labute approximate surface area is 180 Å². The van der Waals surface area contributed by atoms with Gasteiger partial charge in [-0.3, -0.25) is 4.67 Å². The molecule has 3 rings (SSSR count). The van der Waals surface area contributed by atoms with Crippen molar-refractivity contribution >= 4 is 23.9 Å². The Hall–Kier alpha value is 1.25. The van der Waals surface area contributed by atoms with Crippen LogP contribution >= 0.6 is 23.9 Å². The second-order valence-corrected chi connectivity index (χ2v) is 17.8. The van der Waals surface area contributed by atoms with E-state index in [9.17, 15) is 0 Å².